The van der Waals surface area contributed by atoms with Gasteiger partial charge in [0.25, 0.3) is 5.91 Å². The molecule has 0 aliphatic carbocycles. The molecule has 0 heterocycles. The van der Waals surface area contributed by atoms with E-state index >= 15 is 0 Å². The van der Waals surface area contributed by atoms with Crippen molar-refractivity contribution in [3.8, 4) is 0 Å². The zero-order chi connectivity index (χ0) is 24.4. The van der Waals surface area contributed by atoms with Crippen LogP contribution in [0.2, 0.25) is 0 Å². The van der Waals surface area contributed by atoms with Crippen LogP contribution in [0.4, 0.5) is 0 Å². The van der Waals surface area contributed by atoms with Crippen molar-refractivity contribution in [2.24, 2.45) is 0 Å². The summed E-state index contributed by atoms with van der Waals surface area (Å²) in [6.45, 7) is 8.42. The number of nitrogens with zero attached hydrogens (tertiary/aromatic N) is 2. The number of ether oxygens (including phenoxy) is 1. The smallest absolute Gasteiger partial charge is 0.306 e. The fourth-order valence-electron chi connectivity index (χ4n) is 3.42. The predicted molar refractivity (Wildman–Crippen MR) is 128 cm³/mol. The molecule has 0 atom stereocenters. The van der Waals surface area contributed by atoms with Gasteiger partial charge in [0.05, 0.1) is 4.90 Å². The van der Waals surface area contributed by atoms with Crippen LogP contribution in [0.5, 0.6) is 0 Å². The lowest BCUT2D eigenvalue weighted by atomic mass is 10.1. The zero-order valence-corrected chi connectivity index (χ0v) is 20.7. The molecule has 2 aromatic rings. The van der Waals surface area contributed by atoms with E-state index in [1.165, 1.54) is 4.31 Å². The molecule has 7 nitrogen and oxygen atoms in total. The number of carbonyl (C=O) groups excluding carboxylic acids is 2. The Hall–Kier alpha value is -2.71. The summed E-state index contributed by atoms with van der Waals surface area (Å²) in [5, 5.41) is 0. The molecule has 180 valence electrons. The lowest BCUT2D eigenvalue weighted by molar-refractivity contribution is -0.153. The molecule has 1 amide bonds. The minimum atomic E-state index is -3.51. The number of hydrogen-bond acceptors (Lipinski definition) is 5. The molecular formula is C25H34N2O5S. The van der Waals surface area contributed by atoms with Crippen LogP contribution < -0.4 is 0 Å². The van der Waals surface area contributed by atoms with Gasteiger partial charge < -0.3 is 9.64 Å². The number of hydrogen-bond donors (Lipinski definition) is 0. The third-order valence-corrected chi connectivity index (χ3v) is 7.44. The highest BCUT2D eigenvalue weighted by Gasteiger charge is 2.21. The quantitative estimate of drug-likeness (QED) is 0.439. The van der Waals surface area contributed by atoms with E-state index < -0.39 is 16.0 Å². The van der Waals surface area contributed by atoms with E-state index in [1.54, 1.807) is 43.0 Å². The Morgan fingerprint density at radius 3 is 2.06 bits per heavy atom. The van der Waals surface area contributed by atoms with Crippen molar-refractivity contribution in [1.82, 2.24) is 9.21 Å². The highest BCUT2D eigenvalue weighted by Crippen LogP contribution is 2.17. The maximum Gasteiger partial charge on any atom is 0.306 e. The van der Waals surface area contributed by atoms with Crippen LogP contribution in [0.1, 0.15) is 45.2 Å². The molecule has 0 saturated carbocycles. The van der Waals surface area contributed by atoms with Crippen molar-refractivity contribution in [3.05, 3.63) is 65.7 Å². The SMILES string of the molecule is CCN(CC)S(=O)(=O)c1ccc(CCC(=O)OCC(=O)N(Cc2ccccc2)C(C)C)cc1. The molecule has 0 aliphatic rings. The average molecular weight is 475 g/mol. The first-order valence-corrected chi connectivity index (χ1v) is 12.7. The summed E-state index contributed by atoms with van der Waals surface area (Å²) < 4.78 is 31.7. The van der Waals surface area contributed by atoms with E-state index in [9.17, 15) is 18.0 Å². The van der Waals surface area contributed by atoms with Crippen LogP contribution in [0.3, 0.4) is 0 Å². The predicted octanol–water partition coefficient (Wildman–Crippen LogP) is 3.63. The summed E-state index contributed by atoms with van der Waals surface area (Å²) in [7, 11) is -3.51. The van der Waals surface area contributed by atoms with Gasteiger partial charge >= 0.3 is 5.97 Å². The lowest BCUT2D eigenvalue weighted by Crippen LogP contribution is -2.39. The first-order valence-electron chi connectivity index (χ1n) is 11.3. The van der Waals surface area contributed by atoms with Crippen molar-refractivity contribution in [2.45, 2.75) is 58.0 Å². The van der Waals surface area contributed by atoms with E-state index in [2.05, 4.69) is 0 Å². The van der Waals surface area contributed by atoms with E-state index in [1.807, 2.05) is 44.2 Å². The van der Waals surface area contributed by atoms with Crippen LogP contribution in [-0.4, -0.2) is 55.2 Å². The topological polar surface area (TPSA) is 84.0 Å². The maximum atomic E-state index is 12.6. The molecule has 0 spiro atoms. The Kier molecular flexibility index (Phi) is 10.1. The number of sulfonamides is 1. The fourth-order valence-corrected chi connectivity index (χ4v) is 4.88. The highest BCUT2D eigenvalue weighted by molar-refractivity contribution is 7.89. The third-order valence-electron chi connectivity index (χ3n) is 5.38. The van der Waals surface area contributed by atoms with Crippen molar-refractivity contribution in [2.75, 3.05) is 19.7 Å². The van der Waals surface area contributed by atoms with Crippen LogP contribution >= 0.6 is 0 Å². The Morgan fingerprint density at radius 1 is 0.909 bits per heavy atom. The van der Waals surface area contributed by atoms with Crippen LogP contribution in [0.25, 0.3) is 0 Å². The monoisotopic (exact) mass is 474 g/mol. The van der Waals surface area contributed by atoms with Gasteiger partial charge in [0, 0.05) is 32.1 Å². The van der Waals surface area contributed by atoms with Gasteiger partial charge in [-0.05, 0) is 43.5 Å². The van der Waals surface area contributed by atoms with Crippen LogP contribution in [0, 0.1) is 0 Å². The van der Waals surface area contributed by atoms with Crippen molar-refractivity contribution < 1.29 is 22.7 Å². The minimum Gasteiger partial charge on any atom is -0.456 e. The maximum absolute atomic E-state index is 12.6. The molecule has 0 bridgehead atoms. The third kappa shape index (κ3) is 7.68. The number of amides is 1. The fraction of sp³-hybridized carbons (Fsp3) is 0.440. The van der Waals surface area contributed by atoms with Gasteiger partial charge in [-0.1, -0.05) is 56.3 Å². The lowest BCUT2D eigenvalue weighted by Gasteiger charge is -2.26. The van der Waals surface area contributed by atoms with Crippen LogP contribution in [-0.2, 0) is 37.3 Å². The van der Waals surface area contributed by atoms with E-state index in [4.69, 9.17) is 4.74 Å². The standard InChI is InChI=1S/C25H34N2O5S/c1-5-26(6-2)33(30,31)23-15-12-21(13-16-23)14-17-25(29)32-19-24(28)27(20(3)4)18-22-10-8-7-9-11-22/h7-13,15-16,20H,5-6,14,17-19H2,1-4H3. The van der Waals surface area contributed by atoms with Crippen molar-refractivity contribution in [3.63, 3.8) is 0 Å². The van der Waals surface area contributed by atoms with Crippen molar-refractivity contribution in [1.29, 1.82) is 0 Å². The molecule has 0 saturated heterocycles. The molecule has 8 heteroatoms. The molecule has 0 unspecified atom stereocenters. The minimum absolute atomic E-state index is 0.0254. The normalized spacial score (nSPS) is 11.6. The second-order valence-corrected chi connectivity index (χ2v) is 9.93. The van der Waals surface area contributed by atoms with Gasteiger partial charge in [0.15, 0.2) is 6.61 Å². The summed E-state index contributed by atoms with van der Waals surface area (Å²) in [6.07, 6.45) is 0.506. The first kappa shape index (κ1) is 26.5. The summed E-state index contributed by atoms with van der Waals surface area (Å²) in [5.41, 5.74) is 1.84. The number of carbonyl (C=O) groups is 2. The van der Waals surface area contributed by atoms with Crippen molar-refractivity contribution >= 4 is 21.9 Å². The van der Waals surface area contributed by atoms with Crippen LogP contribution in [0.15, 0.2) is 59.5 Å². The molecule has 0 N–H and O–H groups in total. The Bertz CT molecular complexity index is 1000. The molecule has 0 fully saturated rings. The Morgan fingerprint density at radius 2 is 1.52 bits per heavy atom. The highest BCUT2D eigenvalue weighted by atomic mass is 32.2. The molecule has 0 radical (unpaired) electrons. The van der Waals surface area contributed by atoms with Gasteiger partial charge in [-0.2, -0.15) is 4.31 Å². The van der Waals surface area contributed by atoms with E-state index in [-0.39, 0.29) is 29.9 Å². The Labute approximate surface area is 197 Å². The summed E-state index contributed by atoms with van der Waals surface area (Å²) >= 11 is 0. The Balaban J connectivity index is 1.86. The molecular weight excluding hydrogens is 440 g/mol. The largest absolute Gasteiger partial charge is 0.456 e. The second-order valence-electron chi connectivity index (χ2n) is 7.99. The number of benzene rings is 2. The molecule has 0 aromatic heterocycles. The average Bonchev–Trinajstić information content (AvgIpc) is 2.81. The van der Waals surface area contributed by atoms with Gasteiger partial charge in [0.1, 0.15) is 0 Å². The number of aryl methyl sites for hydroxylation is 1. The second kappa shape index (κ2) is 12.5. The summed E-state index contributed by atoms with van der Waals surface area (Å²) in [6, 6.07) is 16.2. The van der Waals surface area contributed by atoms with Gasteiger partial charge in [-0.25, -0.2) is 8.42 Å². The summed E-state index contributed by atoms with van der Waals surface area (Å²) in [4.78, 5) is 26.7. The number of rotatable bonds is 12. The van der Waals surface area contributed by atoms with E-state index in [0.717, 1.165) is 11.1 Å². The molecule has 2 rings (SSSR count). The van der Waals surface area contributed by atoms with E-state index in [0.29, 0.717) is 26.1 Å². The van der Waals surface area contributed by atoms with Gasteiger partial charge in [0.2, 0.25) is 10.0 Å². The summed E-state index contributed by atoms with van der Waals surface area (Å²) in [5.74, 6) is -0.709. The number of esters is 1. The molecule has 0 aliphatic heterocycles. The van der Waals surface area contributed by atoms with Gasteiger partial charge in [-0.3, -0.25) is 9.59 Å². The molecule has 33 heavy (non-hydrogen) atoms. The molecule has 2 aromatic carbocycles. The first-order chi connectivity index (χ1) is 15.7. The zero-order valence-electron chi connectivity index (χ0n) is 19.9. The van der Waals surface area contributed by atoms with Gasteiger partial charge in [-0.15, -0.1) is 0 Å².